The molecule has 0 aliphatic carbocycles. The van der Waals surface area contributed by atoms with E-state index in [4.69, 9.17) is 5.73 Å². The maximum absolute atomic E-state index is 11.6. The molecule has 0 atom stereocenters. The fraction of sp³-hybridized carbons (Fsp3) is 0.438. The molecule has 0 aliphatic rings. The van der Waals surface area contributed by atoms with Gasteiger partial charge in [0.05, 0.1) is 12.2 Å². The zero-order valence-electron chi connectivity index (χ0n) is 14.4. The van der Waals surface area contributed by atoms with Crippen molar-refractivity contribution < 1.29 is 13.2 Å². The van der Waals surface area contributed by atoms with Crippen LogP contribution in [-0.2, 0) is 27.8 Å². The number of carbonyl (C=O) groups is 1. The molecule has 9 heteroatoms. The number of nitrogens with one attached hydrogen (secondary N) is 1. The third kappa shape index (κ3) is 5.28. The highest BCUT2D eigenvalue weighted by atomic mass is 32.2. The average molecular weight is 365 g/mol. The van der Waals surface area contributed by atoms with Crippen molar-refractivity contribution in [2.45, 2.75) is 39.7 Å². The number of nitrogens with two attached hydrogens (primary N) is 1. The Morgan fingerprint density at radius 3 is 2.48 bits per heavy atom. The summed E-state index contributed by atoms with van der Waals surface area (Å²) in [6.07, 6.45) is 1.92. The Morgan fingerprint density at radius 2 is 1.92 bits per heavy atom. The molecule has 136 valence electrons. The van der Waals surface area contributed by atoms with Gasteiger partial charge in [0.2, 0.25) is 15.9 Å². The highest BCUT2D eigenvalue weighted by molar-refractivity contribution is 7.92. The van der Waals surface area contributed by atoms with Crippen molar-refractivity contribution in [2.24, 2.45) is 5.73 Å². The molecule has 0 fully saturated rings. The minimum absolute atomic E-state index is 0.0105. The van der Waals surface area contributed by atoms with Crippen LogP contribution in [0.1, 0.15) is 32.5 Å². The van der Waals surface area contributed by atoms with E-state index in [0.29, 0.717) is 23.9 Å². The molecule has 0 bridgehead atoms. The van der Waals surface area contributed by atoms with Gasteiger partial charge < -0.3 is 5.73 Å². The first kappa shape index (κ1) is 18.9. The minimum atomic E-state index is -3.31. The monoisotopic (exact) mass is 365 g/mol. The van der Waals surface area contributed by atoms with Crippen LogP contribution in [0.2, 0.25) is 0 Å². The van der Waals surface area contributed by atoms with Crippen LogP contribution in [0.4, 0.5) is 5.69 Å². The summed E-state index contributed by atoms with van der Waals surface area (Å²) in [5, 5.41) is 4.35. The van der Waals surface area contributed by atoms with E-state index in [-0.39, 0.29) is 12.2 Å². The van der Waals surface area contributed by atoms with E-state index in [0.717, 1.165) is 18.4 Å². The van der Waals surface area contributed by atoms with Crippen LogP contribution in [0.25, 0.3) is 11.4 Å². The van der Waals surface area contributed by atoms with Gasteiger partial charge in [-0.15, -0.1) is 0 Å². The lowest BCUT2D eigenvalue weighted by atomic mass is 10.2. The van der Waals surface area contributed by atoms with Gasteiger partial charge >= 0.3 is 0 Å². The summed E-state index contributed by atoms with van der Waals surface area (Å²) in [6, 6.07) is 6.90. The standard InChI is InChI=1S/C16H23N5O3S/c1-3-5-10-21-16(18-15(19-21)11-14(17)22)12-6-8-13(9-7-12)20-25(23,24)4-2/h6-9,20H,3-5,10-11H2,1-2H3,(H2,17,22). The number of hydrogen-bond acceptors (Lipinski definition) is 5. The zero-order valence-corrected chi connectivity index (χ0v) is 15.2. The van der Waals surface area contributed by atoms with E-state index >= 15 is 0 Å². The molecule has 0 radical (unpaired) electrons. The number of carbonyl (C=O) groups excluding carboxylic acids is 1. The van der Waals surface area contributed by atoms with Crippen molar-refractivity contribution in [1.29, 1.82) is 0 Å². The Hall–Kier alpha value is -2.42. The number of primary amides is 1. The Morgan fingerprint density at radius 1 is 1.24 bits per heavy atom. The number of hydrogen-bond donors (Lipinski definition) is 2. The molecular weight excluding hydrogens is 342 g/mol. The van der Waals surface area contributed by atoms with Gasteiger partial charge in [-0.25, -0.2) is 18.1 Å². The number of anilines is 1. The van der Waals surface area contributed by atoms with Crippen LogP contribution >= 0.6 is 0 Å². The number of benzene rings is 1. The fourth-order valence-electron chi connectivity index (χ4n) is 2.24. The fourth-order valence-corrected chi connectivity index (χ4v) is 2.88. The number of rotatable bonds is 9. The maximum Gasteiger partial charge on any atom is 0.232 e. The smallest absolute Gasteiger partial charge is 0.232 e. The van der Waals surface area contributed by atoms with Gasteiger partial charge in [0.25, 0.3) is 0 Å². The molecule has 2 rings (SSSR count). The molecule has 2 aromatic rings. The van der Waals surface area contributed by atoms with Crippen LogP contribution < -0.4 is 10.5 Å². The van der Waals surface area contributed by atoms with Crippen LogP contribution in [0.5, 0.6) is 0 Å². The molecule has 8 nitrogen and oxygen atoms in total. The van der Waals surface area contributed by atoms with E-state index in [1.165, 1.54) is 0 Å². The molecule has 1 heterocycles. The van der Waals surface area contributed by atoms with Crippen molar-refractivity contribution in [3.63, 3.8) is 0 Å². The first-order valence-corrected chi connectivity index (χ1v) is 9.82. The Bertz CT molecular complexity index is 828. The molecule has 0 saturated heterocycles. The maximum atomic E-state index is 11.6. The summed E-state index contributed by atoms with van der Waals surface area (Å²) in [6.45, 7) is 4.34. The molecule has 3 N–H and O–H groups in total. The van der Waals surface area contributed by atoms with Crippen LogP contribution in [0.3, 0.4) is 0 Å². The van der Waals surface area contributed by atoms with Gasteiger partial charge in [-0.05, 0) is 37.6 Å². The largest absolute Gasteiger partial charge is 0.369 e. The Labute approximate surface area is 147 Å². The SMILES string of the molecule is CCCCn1nc(CC(N)=O)nc1-c1ccc(NS(=O)(=O)CC)cc1. The molecule has 25 heavy (non-hydrogen) atoms. The van der Waals surface area contributed by atoms with E-state index < -0.39 is 15.9 Å². The third-order valence-electron chi connectivity index (χ3n) is 3.57. The Kier molecular flexibility index (Phi) is 6.13. The van der Waals surface area contributed by atoms with Crippen molar-refractivity contribution >= 4 is 21.6 Å². The molecule has 0 spiro atoms. The highest BCUT2D eigenvalue weighted by Gasteiger charge is 2.14. The first-order chi connectivity index (χ1) is 11.8. The lowest BCUT2D eigenvalue weighted by Crippen LogP contribution is -2.14. The summed E-state index contributed by atoms with van der Waals surface area (Å²) in [7, 11) is -3.31. The second-order valence-corrected chi connectivity index (χ2v) is 7.67. The predicted octanol–water partition coefficient (Wildman–Crippen LogP) is 1.53. The van der Waals surface area contributed by atoms with Gasteiger partial charge in [-0.3, -0.25) is 9.52 Å². The second kappa shape index (κ2) is 8.11. The molecule has 0 unspecified atom stereocenters. The summed E-state index contributed by atoms with van der Waals surface area (Å²) >= 11 is 0. The number of unbranched alkanes of at least 4 members (excludes halogenated alkanes) is 1. The summed E-state index contributed by atoms with van der Waals surface area (Å²) < 4.78 is 27.5. The van der Waals surface area contributed by atoms with Gasteiger partial charge in [-0.2, -0.15) is 5.10 Å². The molecule has 0 saturated carbocycles. The highest BCUT2D eigenvalue weighted by Crippen LogP contribution is 2.21. The molecule has 1 aromatic heterocycles. The van der Waals surface area contributed by atoms with E-state index in [1.807, 2.05) is 0 Å². The normalized spacial score (nSPS) is 11.4. The van der Waals surface area contributed by atoms with Gasteiger partial charge in [-0.1, -0.05) is 13.3 Å². The lowest BCUT2D eigenvalue weighted by molar-refractivity contribution is -0.117. The van der Waals surface area contributed by atoms with Gasteiger partial charge in [0, 0.05) is 17.8 Å². The predicted molar refractivity (Wildman–Crippen MR) is 96.3 cm³/mol. The first-order valence-electron chi connectivity index (χ1n) is 8.17. The topological polar surface area (TPSA) is 120 Å². The van der Waals surface area contributed by atoms with Crippen molar-refractivity contribution in [3.05, 3.63) is 30.1 Å². The third-order valence-corrected chi connectivity index (χ3v) is 4.87. The van der Waals surface area contributed by atoms with E-state index in [9.17, 15) is 13.2 Å². The van der Waals surface area contributed by atoms with Gasteiger partial charge in [0.15, 0.2) is 11.6 Å². The van der Waals surface area contributed by atoms with E-state index in [1.54, 1.807) is 35.9 Å². The molecule has 1 amide bonds. The molecular formula is C16H23N5O3S. The lowest BCUT2D eigenvalue weighted by Gasteiger charge is -2.08. The van der Waals surface area contributed by atoms with E-state index in [2.05, 4.69) is 21.7 Å². The van der Waals surface area contributed by atoms with Crippen LogP contribution in [0.15, 0.2) is 24.3 Å². The number of sulfonamides is 1. The van der Waals surface area contributed by atoms with Crippen molar-refractivity contribution in [2.75, 3.05) is 10.5 Å². The number of aromatic nitrogens is 3. The summed E-state index contributed by atoms with van der Waals surface area (Å²) in [4.78, 5) is 15.5. The van der Waals surface area contributed by atoms with Gasteiger partial charge in [0.1, 0.15) is 0 Å². The molecule has 0 aliphatic heterocycles. The minimum Gasteiger partial charge on any atom is -0.369 e. The average Bonchev–Trinajstić information content (AvgIpc) is 2.95. The number of aryl methyl sites for hydroxylation is 1. The quantitative estimate of drug-likeness (QED) is 0.698. The summed E-state index contributed by atoms with van der Waals surface area (Å²) in [5.41, 5.74) is 6.50. The second-order valence-electron chi connectivity index (χ2n) is 5.65. The van der Waals surface area contributed by atoms with Crippen LogP contribution in [-0.4, -0.2) is 34.8 Å². The number of nitrogens with zero attached hydrogens (tertiary/aromatic N) is 3. The zero-order chi connectivity index (χ0) is 18.4. The summed E-state index contributed by atoms with van der Waals surface area (Å²) in [5.74, 6) is 0.545. The van der Waals surface area contributed by atoms with Crippen molar-refractivity contribution in [1.82, 2.24) is 14.8 Å². The molecule has 1 aromatic carbocycles. The van der Waals surface area contributed by atoms with Crippen LogP contribution in [0, 0.1) is 0 Å². The Balaban J connectivity index is 2.29. The van der Waals surface area contributed by atoms with Crippen molar-refractivity contribution in [3.8, 4) is 11.4 Å². The number of amides is 1.